The van der Waals surface area contributed by atoms with Gasteiger partial charge in [-0.1, -0.05) is 0 Å². The Morgan fingerprint density at radius 2 is 1.87 bits per heavy atom. The molecular weight excluding hydrogens is 318 g/mol. The lowest BCUT2D eigenvalue weighted by Crippen LogP contribution is -2.48. The summed E-state index contributed by atoms with van der Waals surface area (Å²) in [4.78, 5) is 26.2. The molecule has 2 aliphatic heterocycles. The molecule has 3 rings (SSSR count). The predicted molar refractivity (Wildman–Crippen MR) is 90.1 cm³/mol. The van der Waals surface area contributed by atoms with E-state index in [4.69, 9.17) is 4.74 Å². The first-order valence-electron chi connectivity index (χ1n) is 7.75. The Labute approximate surface area is 142 Å². The summed E-state index contributed by atoms with van der Waals surface area (Å²) in [6.07, 6.45) is 2.16. The van der Waals surface area contributed by atoms with Crippen LogP contribution in [-0.4, -0.2) is 55.6 Å². The highest BCUT2D eigenvalue weighted by Crippen LogP contribution is 2.15. The number of benzene rings is 1. The first-order valence-corrected chi connectivity index (χ1v) is 7.75. The monoisotopic (exact) mass is 339 g/mol. The largest absolute Gasteiger partial charge is 0.378 e. The minimum atomic E-state index is -0.320. The summed E-state index contributed by atoms with van der Waals surface area (Å²) in [5, 5.41) is 5.95. The molecule has 0 aliphatic carbocycles. The zero-order chi connectivity index (χ0) is 15.4. The van der Waals surface area contributed by atoms with Crippen LogP contribution >= 0.6 is 12.4 Å². The molecule has 0 aromatic heterocycles. The highest BCUT2D eigenvalue weighted by atomic mass is 35.5. The van der Waals surface area contributed by atoms with E-state index in [0.717, 1.165) is 25.9 Å². The van der Waals surface area contributed by atoms with E-state index < -0.39 is 0 Å². The second kappa shape index (κ2) is 8.29. The lowest BCUT2D eigenvalue weighted by Gasteiger charge is -2.23. The standard InChI is InChI=1S/C16H21N3O3.ClH/c20-15(14-11-22-10-7-17-14)18-13-5-3-12(4-6-13)16(21)19-8-1-2-9-19;/h3-6,14,17H,1-2,7-11H2,(H,18,20);1H. The fraction of sp³-hybridized carbons (Fsp3) is 0.500. The van der Waals surface area contributed by atoms with Crippen LogP contribution in [0.1, 0.15) is 23.2 Å². The molecule has 1 unspecified atom stereocenters. The topological polar surface area (TPSA) is 70.7 Å². The van der Waals surface area contributed by atoms with Gasteiger partial charge in [-0.2, -0.15) is 0 Å². The number of likely N-dealkylation sites (tertiary alicyclic amines) is 1. The molecule has 0 radical (unpaired) electrons. The predicted octanol–water partition coefficient (Wildman–Crippen LogP) is 1.27. The molecule has 1 aromatic carbocycles. The number of ether oxygens (including phenoxy) is 1. The van der Waals surface area contributed by atoms with Crippen LogP contribution in [0.3, 0.4) is 0 Å². The molecule has 0 spiro atoms. The summed E-state index contributed by atoms with van der Waals surface area (Å²) in [5.41, 5.74) is 1.36. The Bertz CT molecular complexity index is 538. The molecule has 6 nitrogen and oxygen atoms in total. The number of hydrogen-bond acceptors (Lipinski definition) is 4. The van der Waals surface area contributed by atoms with Gasteiger partial charge in [0.1, 0.15) is 6.04 Å². The fourth-order valence-electron chi connectivity index (χ4n) is 2.76. The quantitative estimate of drug-likeness (QED) is 0.870. The van der Waals surface area contributed by atoms with Crippen molar-refractivity contribution < 1.29 is 14.3 Å². The molecule has 2 fully saturated rings. The summed E-state index contributed by atoms with van der Waals surface area (Å²) in [6, 6.07) is 6.75. The summed E-state index contributed by atoms with van der Waals surface area (Å²) < 4.78 is 5.27. The molecule has 2 heterocycles. The molecule has 2 saturated heterocycles. The number of nitrogens with one attached hydrogen (secondary N) is 2. The third-order valence-corrected chi connectivity index (χ3v) is 4.03. The number of amides is 2. The minimum absolute atomic E-state index is 0. The first-order chi connectivity index (χ1) is 10.7. The van der Waals surface area contributed by atoms with Crippen LogP contribution in [0.5, 0.6) is 0 Å². The number of carbonyl (C=O) groups is 2. The summed E-state index contributed by atoms with van der Waals surface area (Å²) in [5.74, 6) is -0.0453. The van der Waals surface area contributed by atoms with Crippen LogP contribution in [0.25, 0.3) is 0 Å². The fourth-order valence-corrected chi connectivity index (χ4v) is 2.76. The SMILES string of the molecule is Cl.O=C(Nc1ccc(C(=O)N2CCCC2)cc1)C1COCCN1. The van der Waals surface area contributed by atoms with Crippen LogP contribution in [0, 0.1) is 0 Å². The van der Waals surface area contributed by atoms with Crippen molar-refractivity contribution in [3.63, 3.8) is 0 Å². The molecule has 1 aromatic rings. The van der Waals surface area contributed by atoms with Gasteiger partial charge in [-0.3, -0.25) is 9.59 Å². The maximum atomic E-state index is 12.2. The van der Waals surface area contributed by atoms with Crippen LogP contribution in [0.15, 0.2) is 24.3 Å². The number of hydrogen-bond donors (Lipinski definition) is 2. The molecule has 1 atom stereocenters. The molecule has 7 heteroatoms. The van der Waals surface area contributed by atoms with Crippen molar-refractivity contribution >= 4 is 29.9 Å². The first kappa shape index (κ1) is 17.7. The van der Waals surface area contributed by atoms with Crippen LogP contribution in [0.2, 0.25) is 0 Å². The second-order valence-electron chi connectivity index (χ2n) is 5.65. The average Bonchev–Trinajstić information content (AvgIpc) is 3.10. The van der Waals surface area contributed by atoms with Gasteiger partial charge in [0, 0.05) is 30.9 Å². The van der Waals surface area contributed by atoms with Crippen molar-refractivity contribution in [3.05, 3.63) is 29.8 Å². The third-order valence-electron chi connectivity index (χ3n) is 4.03. The maximum Gasteiger partial charge on any atom is 0.253 e. The number of rotatable bonds is 3. The Morgan fingerprint density at radius 1 is 1.17 bits per heavy atom. The normalized spacial score (nSPS) is 20.7. The van der Waals surface area contributed by atoms with Crippen molar-refractivity contribution in [2.75, 3.05) is 38.2 Å². The molecule has 0 bridgehead atoms. The molecule has 2 N–H and O–H groups in total. The average molecular weight is 340 g/mol. The Balaban J connectivity index is 0.00000192. The van der Waals surface area contributed by atoms with Crippen molar-refractivity contribution in [2.24, 2.45) is 0 Å². The van der Waals surface area contributed by atoms with E-state index in [1.165, 1.54) is 0 Å². The smallest absolute Gasteiger partial charge is 0.253 e. The second-order valence-corrected chi connectivity index (χ2v) is 5.65. The Morgan fingerprint density at radius 3 is 2.48 bits per heavy atom. The number of halogens is 1. The van der Waals surface area contributed by atoms with E-state index in [1.54, 1.807) is 24.3 Å². The van der Waals surface area contributed by atoms with Gasteiger partial charge in [0.25, 0.3) is 5.91 Å². The van der Waals surface area contributed by atoms with E-state index in [2.05, 4.69) is 10.6 Å². The number of anilines is 1. The molecule has 2 amide bonds. The van der Waals surface area contributed by atoms with E-state index in [-0.39, 0.29) is 30.3 Å². The van der Waals surface area contributed by atoms with E-state index in [0.29, 0.717) is 31.0 Å². The van der Waals surface area contributed by atoms with Crippen molar-refractivity contribution in [1.29, 1.82) is 0 Å². The van der Waals surface area contributed by atoms with Crippen LogP contribution in [0.4, 0.5) is 5.69 Å². The highest BCUT2D eigenvalue weighted by molar-refractivity contribution is 5.97. The van der Waals surface area contributed by atoms with Gasteiger partial charge in [-0.15, -0.1) is 12.4 Å². The zero-order valence-electron chi connectivity index (χ0n) is 12.9. The van der Waals surface area contributed by atoms with Gasteiger partial charge in [0.2, 0.25) is 5.91 Å². The third kappa shape index (κ3) is 4.43. The van der Waals surface area contributed by atoms with Gasteiger partial charge in [-0.25, -0.2) is 0 Å². The van der Waals surface area contributed by atoms with Crippen molar-refractivity contribution in [3.8, 4) is 0 Å². The summed E-state index contributed by atoms with van der Waals surface area (Å²) in [7, 11) is 0. The van der Waals surface area contributed by atoms with Gasteiger partial charge in [0.15, 0.2) is 0 Å². The minimum Gasteiger partial charge on any atom is -0.378 e. The summed E-state index contributed by atoms with van der Waals surface area (Å²) in [6.45, 7) is 3.38. The highest BCUT2D eigenvalue weighted by Gasteiger charge is 2.22. The number of nitrogens with zero attached hydrogens (tertiary/aromatic N) is 1. The zero-order valence-corrected chi connectivity index (χ0v) is 13.7. The molecular formula is C16H22ClN3O3. The molecule has 23 heavy (non-hydrogen) atoms. The van der Waals surface area contributed by atoms with Gasteiger partial charge in [0.05, 0.1) is 13.2 Å². The van der Waals surface area contributed by atoms with Crippen LogP contribution < -0.4 is 10.6 Å². The van der Waals surface area contributed by atoms with E-state index in [1.807, 2.05) is 4.90 Å². The van der Waals surface area contributed by atoms with E-state index >= 15 is 0 Å². The van der Waals surface area contributed by atoms with E-state index in [9.17, 15) is 9.59 Å². The lowest BCUT2D eigenvalue weighted by atomic mass is 10.1. The maximum absolute atomic E-state index is 12.2. The van der Waals surface area contributed by atoms with Gasteiger partial charge < -0.3 is 20.3 Å². The van der Waals surface area contributed by atoms with Crippen LogP contribution in [-0.2, 0) is 9.53 Å². The van der Waals surface area contributed by atoms with Crippen molar-refractivity contribution in [1.82, 2.24) is 10.2 Å². The van der Waals surface area contributed by atoms with Gasteiger partial charge in [-0.05, 0) is 37.1 Å². The molecule has 2 aliphatic rings. The Kier molecular flexibility index (Phi) is 6.38. The molecule has 0 saturated carbocycles. The lowest BCUT2D eigenvalue weighted by molar-refractivity contribution is -0.120. The van der Waals surface area contributed by atoms with Gasteiger partial charge >= 0.3 is 0 Å². The Hall–Kier alpha value is -1.63. The number of carbonyl (C=O) groups excluding carboxylic acids is 2. The number of morpholine rings is 1. The molecule has 126 valence electrons. The van der Waals surface area contributed by atoms with Crippen molar-refractivity contribution in [2.45, 2.75) is 18.9 Å². The summed E-state index contributed by atoms with van der Waals surface area (Å²) >= 11 is 0.